The average molecular weight is 396 g/mol. The average Bonchev–Trinajstić information content (AvgIpc) is 2.68. The van der Waals surface area contributed by atoms with E-state index in [1.807, 2.05) is 42.5 Å². The molecular weight excluding hydrogens is 368 g/mol. The summed E-state index contributed by atoms with van der Waals surface area (Å²) in [5.74, 6) is -1.43. The molecule has 0 aliphatic carbocycles. The molecule has 1 heterocycles. The second-order valence-electron chi connectivity index (χ2n) is 7.70. The van der Waals surface area contributed by atoms with Crippen LogP contribution in [0.4, 0.5) is 0 Å². The third-order valence-corrected chi connectivity index (χ3v) is 5.00. The van der Waals surface area contributed by atoms with Crippen LogP contribution >= 0.6 is 0 Å². The Kier molecular flexibility index (Phi) is 7.01. The lowest BCUT2D eigenvalue weighted by molar-refractivity contribution is -0.139. The van der Waals surface area contributed by atoms with Crippen molar-refractivity contribution in [2.75, 3.05) is 13.1 Å². The molecule has 0 spiro atoms. The van der Waals surface area contributed by atoms with Crippen molar-refractivity contribution >= 4 is 11.9 Å². The number of nitrogens with zero attached hydrogens (tertiary/aromatic N) is 1. The Morgan fingerprint density at radius 3 is 2.24 bits per heavy atom. The predicted molar refractivity (Wildman–Crippen MR) is 111 cm³/mol. The molecule has 3 rings (SSSR count). The van der Waals surface area contributed by atoms with Gasteiger partial charge >= 0.3 is 5.97 Å². The third kappa shape index (κ3) is 6.14. The van der Waals surface area contributed by atoms with Gasteiger partial charge in [-0.1, -0.05) is 42.5 Å². The van der Waals surface area contributed by atoms with Crippen LogP contribution in [0, 0.1) is 0 Å². The number of amides is 1. The van der Waals surface area contributed by atoms with E-state index >= 15 is 0 Å². The first-order valence-corrected chi connectivity index (χ1v) is 9.95. The first kappa shape index (κ1) is 21.0. The number of benzene rings is 2. The lowest BCUT2D eigenvalue weighted by atomic mass is 10.0. The Morgan fingerprint density at radius 1 is 1.03 bits per heavy atom. The Morgan fingerprint density at radius 2 is 1.66 bits per heavy atom. The van der Waals surface area contributed by atoms with Crippen LogP contribution in [-0.2, 0) is 22.5 Å². The topological polar surface area (TPSA) is 78.9 Å². The molecule has 2 aromatic carbocycles. The molecule has 0 saturated carbocycles. The molecule has 29 heavy (non-hydrogen) atoms. The van der Waals surface area contributed by atoms with Gasteiger partial charge in [-0.2, -0.15) is 0 Å². The molecule has 1 amide bonds. The van der Waals surface area contributed by atoms with Gasteiger partial charge in [0.1, 0.15) is 6.04 Å². The van der Waals surface area contributed by atoms with Crippen LogP contribution in [0.3, 0.4) is 0 Å². The first-order chi connectivity index (χ1) is 13.9. The zero-order valence-corrected chi connectivity index (χ0v) is 16.9. The molecule has 6 heteroatoms. The van der Waals surface area contributed by atoms with Crippen LogP contribution in [0.1, 0.15) is 35.3 Å². The Balaban J connectivity index is 1.59. The molecule has 3 atom stereocenters. The second kappa shape index (κ2) is 9.67. The second-order valence-corrected chi connectivity index (χ2v) is 7.70. The maximum atomic E-state index is 12.5. The summed E-state index contributed by atoms with van der Waals surface area (Å²) < 4.78 is 5.76. The number of carbonyl (C=O) groups excluding carboxylic acids is 1. The number of carboxylic acid groups (broad SMARTS) is 1. The summed E-state index contributed by atoms with van der Waals surface area (Å²) in [6, 6.07) is 15.7. The lowest BCUT2D eigenvalue weighted by Crippen LogP contribution is -2.44. The van der Waals surface area contributed by atoms with Gasteiger partial charge in [-0.05, 0) is 37.1 Å². The summed E-state index contributed by atoms with van der Waals surface area (Å²) in [7, 11) is 0. The molecule has 0 aromatic heterocycles. The molecular formula is C23H28N2O4. The maximum Gasteiger partial charge on any atom is 0.326 e. The summed E-state index contributed by atoms with van der Waals surface area (Å²) in [5.41, 5.74) is 2.43. The number of carbonyl (C=O) groups is 2. The highest BCUT2D eigenvalue weighted by Gasteiger charge is 2.23. The van der Waals surface area contributed by atoms with E-state index in [-0.39, 0.29) is 24.5 Å². The first-order valence-electron chi connectivity index (χ1n) is 9.95. The van der Waals surface area contributed by atoms with Crippen molar-refractivity contribution in [3.05, 3.63) is 71.3 Å². The van der Waals surface area contributed by atoms with Gasteiger partial charge in [-0.3, -0.25) is 9.69 Å². The molecule has 0 bridgehead atoms. The smallest absolute Gasteiger partial charge is 0.326 e. The molecule has 2 aromatic rings. The van der Waals surface area contributed by atoms with Crippen LogP contribution in [0.5, 0.6) is 0 Å². The van der Waals surface area contributed by atoms with Crippen molar-refractivity contribution in [1.29, 1.82) is 0 Å². The normalized spacial score (nSPS) is 20.8. The van der Waals surface area contributed by atoms with E-state index in [4.69, 9.17) is 4.74 Å². The van der Waals surface area contributed by atoms with Crippen LogP contribution in [0.2, 0.25) is 0 Å². The van der Waals surface area contributed by atoms with Crippen molar-refractivity contribution in [2.24, 2.45) is 0 Å². The zero-order valence-electron chi connectivity index (χ0n) is 16.9. The summed E-state index contributed by atoms with van der Waals surface area (Å²) >= 11 is 0. The number of carboxylic acids is 1. The Hall–Kier alpha value is -2.70. The van der Waals surface area contributed by atoms with Crippen molar-refractivity contribution in [3.8, 4) is 0 Å². The van der Waals surface area contributed by atoms with Crippen molar-refractivity contribution < 1.29 is 19.4 Å². The van der Waals surface area contributed by atoms with Gasteiger partial charge in [0.25, 0.3) is 5.91 Å². The van der Waals surface area contributed by atoms with E-state index < -0.39 is 12.0 Å². The fourth-order valence-corrected chi connectivity index (χ4v) is 3.72. The summed E-state index contributed by atoms with van der Waals surface area (Å²) in [6.07, 6.45) is 0.663. The number of hydrogen-bond donors (Lipinski definition) is 2. The molecule has 1 aliphatic rings. The molecule has 2 N–H and O–H groups in total. The molecule has 1 aliphatic heterocycles. The van der Waals surface area contributed by atoms with E-state index in [0.717, 1.165) is 30.8 Å². The van der Waals surface area contributed by atoms with Crippen LogP contribution in [0.25, 0.3) is 0 Å². The standard InChI is InChI=1S/C23H28N2O4/c1-16-13-25(14-17(2)29-16)15-19-8-10-20(11-9-19)22(26)24-21(23(27)28)12-18-6-4-3-5-7-18/h3-11,16-17,21H,12-15H2,1-2H3,(H,24,26)(H,27,28)/t16-,17-,21+/m0/s1. The van der Waals surface area contributed by atoms with Crippen LogP contribution in [-0.4, -0.2) is 53.2 Å². The number of aliphatic carboxylic acids is 1. The van der Waals surface area contributed by atoms with Crippen molar-refractivity contribution in [3.63, 3.8) is 0 Å². The largest absolute Gasteiger partial charge is 0.480 e. The van der Waals surface area contributed by atoms with E-state index in [1.165, 1.54) is 0 Å². The molecule has 1 saturated heterocycles. The summed E-state index contributed by atoms with van der Waals surface area (Å²) in [4.78, 5) is 26.4. The van der Waals surface area contributed by atoms with Crippen molar-refractivity contribution in [2.45, 2.75) is 45.1 Å². The van der Waals surface area contributed by atoms with Gasteiger partial charge in [-0.15, -0.1) is 0 Å². The predicted octanol–water partition coefficient (Wildman–Crippen LogP) is 2.72. The van der Waals surface area contributed by atoms with E-state index in [9.17, 15) is 14.7 Å². The Labute approximate surface area is 171 Å². The highest BCUT2D eigenvalue weighted by atomic mass is 16.5. The van der Waals surface area contributed by atoms with E-state index in [1.54, 1.807) is 12.1 Å². The van der Waals surface area contributed by atoms with Gasteiger partial charge in [0, 0.05) is 31.6 Å². The maximum absolute atomic E-state index is 12.5. The SMILES string of the molecule is C[C@H]1CN(Cc2ccc(C(=O)N[C@H](Cc3ccccc3)C(=O)O)cc2)C[C@H](C)O1. The number of hydrogen-bond acceptors (Lipinski definition) is 4. The Bertz CT molecular complexity index is 813. The third-order valence-electron chi connectivity index (χ3n) is 5.00. The van der Waals surface area contributed by atoms with Gasteiger partial charge in [-0.25, -0.2) is 4.79 Å². The quantitative estimate of drug-likeness (QED) is 0.752. The summed E-state index contributed by atoms with van der Waals surface area (Å²) in [5, 5.41) is 12.1. The van der Waals surface area contributed by atoms with Crippen LogP contribution < -0.4 is 5.32 Å². The molecule has 6 nitrogen and oxygen atoms in total. The fourth-order valence-electron chi connectivity index (χ4n) is 3.72. The van der Waals surface area contributed by atoms with E-state index in [0.29, 0.717) is 5.56 Å². The van der Waals surface area contributed by atoms with Crippen LogP contribution in [0.15, 0.2) is 54.6 Å². The minimum atomic E-state index is -1.05. The summed E-state index contributed by atoms with van der Waals surface area (Å²) in [6.45, 7) is 6.71. The number of rotatable bonds is 7. The fraction of sp³-hybridized carbons (Fsp3) is 0.391. The number of ether oxygens (including phenoxy) is 1. The molecule has 0 unspecified atom stereocenters. The lowest BCUT2D eigenvalue weighted by Gasteiger charge is -2.35. The molecule has 1 fully saturated rings. The van der Waals surface area contributed by atoms with Gasteiger partial charge in [0.15, 0.2) is 0 Å². The van der Waals surface area contributed by atoms with Crippen molar-refractivity contribution in [1.82, 2.24) is 10.2 Å². The minimum absolute atomic E-state index is 0.210. The van der Waals surface area contributed by atoms with E-state index in [2.05, 4.69) is 24.1 Å². The molecule has 154 valence electrons. The van der Waals surface area contributed by atoms with Gasteiger partial charge < -0.3 is 15.2 Å². The molecule has 0 radical (unpaired) electrons. The number of nitrogens with one attached hydrogen (secondary N) is 1. The monoisotopic (exact) mass is 396 g/mol. The highest BCUT2D eigenvalue weighted by molar-refractivity contribution is 5.96. The minimum Gasteiger partial charge on any atom is -0.480 e. The van der Waals surface area contributed by atoms with Gasteiger partial charge in [0.05, 0.1) is 12.2 Å². The number of morpholine rings is 1. The zero-order chi connectivity index (χ0) is 20.8. The van der Waals surface area contributed by atoms with Gasteiger partial charge in [0.2, 0.25) is 0 Å². The highest BCUT2D eigenvalue weighted by Crippen LogP contribution is 2.15.